The smallest absolute Gasteiger partial charge is 0.326 e. The van der Waals surface area contributed by atoms with E-state index in [1.54, 1.807) is 0 Å². The molecule has 164 valence electrons. The molecule has 0 aromatic heterocycles. The second-order valence-electron chi connectivity index (χ2n) is 6.63. The van der Waals surface area contributed by atoms with Gasteiger partial charge in [0.1, 0.15) is 24.2 Å². The molecule has 0 bridgehead atoms. The second kappa shape index (κ2) is 11.6. The number of carboxylic acids is 1. The third kappa shape index (κ3) is 7.18. The van der Waals surface area contributed by atoms with Crippen LogP contribution in [0.15, 0.2) is 0 Å². The van der Waals surface area contributed by atoms with E-state index >= 15 is 0 Å². The minimum absolute atomic E-state index is 0.131. The van der Waals surface area contributed by atoms with E-state index < -0.39 is 60.4 Å². The topological polar surface area (TPSA) is 205 Å². The molecule has 8 N–H and O–H groups in total. The van der Waals surface area contributed by atoms with Crippen molar-refractivity contribution in [1.82, 2.24) is 15.5 Å². The number of hydrogen-bond donors (Lipinski definition) is 7. The summed E-state index contributed by atoms with van der Waals surface area (Å²) in [5, 5.41) is 22.9. The molecule has 12 nitrogen and oxygen atoms in total. The summed E-state index contributed by atoms with van der Waals surface area (Å²) in [6.45, 7) is -0.422. The van der Waals surface area contributed by atoms with Gasteiger partial charge in [0.2, 0.25) is 23.6 Å². The number of nitrogens with zero attached hydrogens (tertiary/aromatic N) is 1. The van der Waals surface area contributed by atoms with Crippen molar-refractivity contribution in [2.24, 2.45) is 11.5 Å². The predicted molar refractivity (Wildman–Crippen MR) is 104 cm³/mol. The van der Waals surface area contributed by atoms with Gasteiger partial charge >= 0.3 is 5.97 Å². The van der Waals surface area contributed by atoms with Crippen LogP contribution in [0.4, 0.5) is 0 Å². The highest BCUT2D eigenvalue weighted by atomic mass is 32.1. The molecule has 0 radical (unpaired) electrons. The van der Waals surface area contributed by atoms with Crippen LogP contribution in [0.3, 0.4) is 0 Å². The van der Waals surface area contributed by atoms with Crippen molar-refractivity contribution in [3.63, 3.8) is 0 Å². The Kier molecular flexibility index (Phi) is 9.85. The first-order valence-electron chi connectivity index (χ1n) is 9.02. The fraction of sp³-hybridized carbons (Fsp3) is 0.688. The highest BCUT2D eigenvalue weighted by molar-refractivity contribution is 7.80. The lowest BCUT2D eigenvalue weighted by molar-refractivity contribution is -0.149. The van der Waals surface area contributed by atoms with E-state index in [-0.39, 0.29) is 31.6 Å². The molecule has 0 aromatic carbocycles. The molecule has 1 rings (SSSR count). The fourth-order valence-electron chi connectivity index (χ4n) is 2.86. The normalized spacial score (nSPS) is 19.1. The van der Waals surface area contributed by atoms with Crippen LogP contribution in [0.1, 0.15) is 25.7 Å². The Hall–Kier alpha value is -2.38. The maximum absolute atomic E-state index is 12.8. The van der Waals surface area contributed by atoms with Gasteiger partial charge in [0.15, 0.2) is 0 Å². The van der Waals surface area contributed by atoms with Gasteiger partial charge in [-0.1, -0.05) is 0 Å². The average Bonchev–Trinajstić information content (AvgIpc) is 3.17. The van der Waals surface area contributed by atoms with Gasteiger partial charge in [-0.15, -0.1) is 0 Å². The Morgan fingerprint density at radius 1 is 1.14 bits per heavy atom. The van der Waals surface area contributed by atoms with Crippen molar-refractivity contribution >= 4 is 42.2 Å². The Balaban J connectivity index is 2.91. The van der Waals surface area contributed by atoms with E-state index in [1.807, 2.05) is 0 Å². The van der Waals surface area contributed by atoms with E-state index in [0.29, 0.717) is 6.42 Å². The van der Waals surface area contributed by atoms with E-state index in [9.17, 15) is 29.1 Å². The van der Waals surface area contributed by atoms with Crippen LogP contribution < -0.4 is 22.1 Å². The lowest BCUT2D eigenvalue weighted by atomic mass is 10.1. The molecular formula is C16H27N5O7S. The first kappa shape index (κ1) is 24.7. The van der Waals surface area contributed by atoms with E-state index in [1.165, 1.54) is 0 Å². The van der Waals surface area contributed by atoms with Crippen LogP contribution in [-0.2, 0) is 24.0 Å². The summed E-state index contributed by atoms with van der Waals surface area (Å²) in [7, 11) is 0. The summed E-state index contributed by atoms with van der Waals surface area (Å²) in [5.41, 5.74) is 10.5. The summed E-state index contributed by atoms with van der Waals surface area (Å²) < 4.78 is 0. The number of carboxylic acid groups (broad SMARTS) is 1. The van der Waals surface area contributed by atoms with Gasteiger partial charge in [-0.3, -0.25) is 19.2 Å². The number of primary amides is 1. The number of thiol groups is 1. The molecule has 0 aliphatic carbocycles. The van der Waals surface area contributed by atoms with Crippen LogP contribution in [0.25, 0.3) is 0 Å². The van der Waals surface area contributed by atoms with Crippen LogP contribution in [0.5, 0.6) is 0 Å². The first-order chi connectivity index (χ1) is 13.6. The Morgan fingerprint density at radius 2 is 1.76 bits per heavy atom. The molecule has 4 unspecified atom stereocenters. The van der Waals surface area contributed by atoms with Gasteiger partial charge in [0, 0.05) is 18.7 Å². The van der Waals surface area contributed by atoms with Crippen molar-refractivity contribution in [1.29, 1.82) is 0 Å². The molecule has 1 aliphatic rings. The molecule has 1 aliphatic heterocycles. The standard InChI is InChI=1S/C16H27N5O7S/c17-8(6-22)13(24)20-10(7-29)14(25)19-9(3-4-12(18)23)15(26)21-5-1-2-11(21)16(27)28/h8-11,22,29H,1-7,17H2,(H2,18,23)(H,19,25)(H,20,24)(H,27,28). The minimum Gasteiger partial charge on any atom is -0.480 e. The van der Waals surface area contributed by atoms with Gasteiger partial charge in [0.05, 0.1) is 6.61 Å². The number of rotatable bonds is 11. The molecule has 4 amide bonds. The lowest BCUT2D eigenvalue weighted by Crippen LogP contribution is -2.58. The minimum atomic E-state index is -1.24. The van der Waals surface area contributed by atoms with Crippen LogP contribution in [0.2, 0.25) is 0 Å². The number of likely N-dealkylation sites (tertiary alicyclic amines) is 1. The number of aliphatic carboxylic acids is 1. The summed E-state index contributed by atoms with van der Waals surface area (Å²) in [4.78, 5) is 60.8. The van der Waals surface area contributed by atoms with Gasteiger partial charge in [-0.25, -0.2) is 4.79 Å². The van der Waals surface area contributed by atoms with Gasteiger partial charge < -0.3 is 37.2 Å². The van der Waals surface area contributed by atoms with E-state index in [4.69, 9.17) is 16.6 Å². The average molecular weight is 433 g/mol. The fourth-order valence-corrected chi connectivity index (χ4v) is 3.12. The number of aliphatic hydroxyl groups is 1. The summed E-state index contributed by atoms with van der Waals surface area (Å²) in [6, 6.07) is -4.63. The van der Waals surface area contributed by atoms with Crippen molar-refractivity contribution in [3.8, 4) is 0 Å². The zero-order chi connectivity index (χ0) is 22.1. The molecule has 1 saturated heterocycles. The molecular weight excluding hydrogens is 406 g/mol. The summed E-state index contributed by atoms with van der Waals surface area (Å²) >= 11 is 3.99. The summed E-state index contributed by atoms with van der Waals surface area (Å²) in [6.07, 6.45) is 0.432. The van der Waals surface area contributed by atoms with Crippen molar-refractivity contribution < 1.29 is 34.2 Å². The molecule has 13 heteroatoms. The largest absolute Gasteiger partial charge is 0.480 e. The maximum Gasteiger partial charge on any atom is 0.326 e. The number of hydrogen-bond acceptors (Lipinski definition) is 8. The molecule has 0 saturated carbocycles. The maximum atomic E-state index is 12.8. The van der Waals surface area contributed by atoms with Crippen molar-refractivity contribution in [3.05, 3.63) is 0 Å². The number of carbonyl (C=O) groups excluding carboxylic acids is 4. The van der Waals surface area contributed by atoms with Crippen LogP contribution in [-0.4, -0.2) is 87.8 Å². The van der Waals surface area contributed by atoms with Gasteiger partial charge in [-0.2, -0.15) is 12.6 Å². The number of nitrogens with one attached hydrogen (secondary N) is 2. The quantitative estimate of drug-likeness (QED) is 0.163. The Labute approximate surface area is 172 Å². The number of nitrogens with two attached hydrogens (primary N) is 2. The SMILES string of the molecule is NC(=O)CCC(NC(=O)C(CS)NC(=O)C(N)CO)C(=O)N1CCCC1C(=O)O. The Bertz CT molecular complexity index is 647. The zero-order valence-corrected chi connectivity index (χ0v) is 16.6. The zero-order valence-electron chi connectivity index (χ0n) is 15.7. The monoisotopic (exact) mass is 433 g/mol. The molecule has 0 spiro atoms. The molecule has 0 aromatic rings. The molecule has 4 atom stereocenters. The first-order valence-corrected chi connectivity index (χ1v) is 9.65. The van der Waals surface area contributed by atoms with Crippen molar-refractivity contribution in [2.75, 3.05) is 18.9 Å². The van der Waals surface area contributed by atoms with Crippen LogP contribution >= 0.6 is 12.6 Å². The second-order valence-corrected chi connectivity index (χ2v) is 6.99. The third-order valence-electron chi connectivity index (χ3n) is 4.46. The lowest BCUT2D eigenvalue weighted by Gasteiger charge is -2.28. The van der Waals surface area contributed by atoms with E-state index in [0.717, 1.165) is 4.90 Å². The number of amides is 4. The number of carbonyl (C=O) groups is 5. The summed E-state index contributed by atoms with van der Waals surface area (Å²) in [5.74, 6) is -4.19. The van der Waals surface area contributed by atoms with Crippen molar-refractivity contribution in [2.45, 2.75) is 49.9 Å². The Morgan fingerprint density at radius 3 is 2.28 bits per heavy atom. The predicted octanol–water partition coefficient (Wildman–Crippen LogP) is -3.45. The number of aliphatic hydroxyl groups excluding tert-OH is 1. The van der Waals surface area contributed by atoms with Gasteiger partial charge in [-0.05, 0) is 19.3 Å². The van der Waals surface area contributed by atoms with Crippen LogP contribution in [0, 0.1) is 0 Å². The third-order valence-corrected chi connectivity index (χ3v) is 4.83. The van der Waals surface area contributed by atoms with Gasteiger partial charge in [0.25, 0.3) is 0 Å². The molecule has 1 heterocycles. The molecule has 29 heavy (non-hydrogen) atoms. The highest BCUT2D eigenvalue weighted by Crippen LogP contribution is 2.19. The highest BCUT2D eigenvalue weighted by Gasteiger charge is 2.38. The molecule has 1 fully saturated rings. The van der Waals surface area contributed by atoms with E-state index in [2.05, 4.69) is 23.3 Å².